The lowest BCUT2D eigenvalue weighted by atomic mass is 10.3. The molecule has 0 saturated carbocycles. The summed E-state index contributed by atoms with van der Waals surface area (Å²) in [6, 6.07) is 3.47. The van der Waals surface area contributed by atoms with E-state index in [2.05, 4.69) is 15.9 Å². The maximum absolute atomic E-state index is 12.5. The molecule has 0 fully saturated rings. The van der Waals surface area contributed by atoms with Crippen molar-refractivity contribution in [2.24, 2.45) is 0 Å². The largest absolute Gasteiger partial charge is 0.768 e. The molecule has 0 radical (unpaired) electrons. The molecule has 0 aliphatic heterocycles. The van der Waals surface area contributed by atoms with Crippen molar-refractivity contribution in [3.63, 3.8) is 0 Å². The van der Waals surface area contributed by atoms with E-state index in [1.807, 2.05) is 0 Å². The first-order chi connectivity index (χ1) is 5.09. The van der Waals surface area contributed by atoms with Crippen molar-refractivity contribution in [1.82, 2.24) is 0 Å². The second-order valence-corrected chi connectivity index (χ2v) is 3.70. The molecular weight excluding hydrogens is 235 g/mol. The lowest BCUT2D eigenvalue weighted by Gasteiger charge is -2.04. The van der Waals surface area contributed by atoms with Gasteiger partial charge in [-0.2, -0.15) is 0 Å². The maximum atomic E-state index is 12.5. The van der Waals surface area contributed by atoms with E-state index in [0.29, 0.717) is 4.47 Å². The quantitative estimate of drug-likeness (QED) is 0.700. The van der Waals surface area contributed by atoms with E-state index in [1.54, 1.807) is 0 Å². The van der Waals surface area contributed by atoms with Crippen LogP contribution in [0.15, 0.2) is 27.6 Å². The summed E-state index contributed by atoms with van der Waals surface area (Å²) in [5, 5.41) is 0. The average Bonchev–Trinajstić information content (AvgIpc) is 1.85. The molecule has 0 spiro atoms. The molecule has 0 aliphatic rings. The first kappa shape index (κ1) is 8.83. The Hall–Kier alpha value is -0.260. The van der Waals surface area contributed by atoms with Gasteiger partial charge in [0.05, 0.1) is 0 Å². The highest BCUT2D eigenvalue weighted by Gasteiger charge is 1.97. The molecule has 60 valence electrons. The maximum Gasteiger partial charge on any atom is 0.125 e. The van der Waals surface area contributed by atoms with Gasteiger partial charge in [-0.1, -0.05) is 15.9 Å². The van der Waals surface area contributed by atoms with E-state index in [0.717, 1.165) is 6.07 Å². The van der Waals surface area contributed by atoms with E-state index >= 15 is 0 Å². The van der Waals surface area contributed by atoms with Crippen LogP contribution in [0.5, 0.6) is 0 Å². The molecule has 0 aliphatic carbocycles. The van der Waals surface area contributed by atoms with Gasteiger partial charge in [-0.3, -0.25) is 4.21 Å². The van der Waals surface area contributed by atoms with E-state index in [4.69, 9.17) is 0 Å². The molecule has 0 heterocycles. The third-order valence-corrected chi connectivity index (χ3v) is 2.11. The molecule has 1 rings (SSSR count). The fourth-order valence-corrected chi connectivity index (χ4v) is 1.67. The Kier molecular flexibility index (Phi) is 2.75. The van der Waals surface area contributed by atoms with Crippen LogP contribution in [0.4, 0.5) is 4.39 Å². The summed E-state index contributed by atoms with van der Waals surface area (Å²) in [7, 11) is 0. The van der Waals surface area contributed by atoms with Crippen molar-refractivity contribution in [1.29, 1.82) is 0 Å². The number of benzene rings is 1. The monoisotopic (exact) mass is 237 g/mol. The second-order valence-electron chi connectivity index (χ2n) is 1.84. The Balaban J connectivity index is 3.19. The topological polar surface area (TPSA) is 40.1 Å². The summed E-state index contributed by atoms with van der Waals surface area (Å²) in [6.07, 6.45) is 0. The predicted molar refractivity (Wildman–Crippen MR) is 41.3 cm³/mol. The first-order valence-electron chi connectivity index (χ1n) is 2.65. The molecule has 0 aromatic heterocycles. The van der Waals surface area contributed by atoms with Crippen molar-refractivity contribution in [3.05, 3.63) is 28.5 Å². The summed E-state index contributed by atoms with van der Waals surface area (Å²) in [5.74, 6) is -0.571. The summed E-state index contributed by atoms with van der Waals surface area (Å²) in [4.78, 5) is -0.0584. The first-order valence-corrected chi connectivity index (χ1v) is 4.52. The highest BCUT2D eigenvalue weighted by atomic mass is 79.9. The van der Waals surface area contributed by atoms with E-state index in [-0.39, 0.29) is 4.90 Å². The third-order valence-electron chi connectivity index (χ3n) is 1.03. The molecule has 1 aromatic rings. The molecule has 5 heteroatoms. The molecule has 0 bridgehead atoms. The molecule has 1 aromatic carbocycles. The number of halogens is 2. The van der Waals surface area contributed by atoms with Gasteiger partial charge in [0.2, 0.25) is 0 Å². The van der Waals surface area contributed by atoms with Crippen LogP contribution in [0.25, 0.3) is 0 Å². The number of rotatable bonds is 1. The van der Waals surface area contributed by atoms with Gasteiger partial charge in [0, 0.05) is 9.37 Å². The van der Waals surface area contributed by atoms with Crippen LogP contribution in [-0.4, -0.2) is 8.76 Å². The molecule has 0 saturated heterocycles. The Morgan fingerprint density at radius 2 is 2.09 bits per heavy atom. The SMILES string of the molecule is O=S([O-])c1cc(F)cc(Br)c1. The molecular formula is C6H3BrFO2S-. The van der Waals surface area contributed by atoms with Gasteiger partial charge in [0.1, 0.15) is 5.82 Å². The minimum atomic E-state index is -2.37. The van der Waals surface area contributed by atoms with Gasteiger partial charge >= 0.3 is 0 Å². The van der Waals surface area contributed by atoms with Crippen molar-refractivity contribution in [3.8, 4) is 0 Å². The van der Waals surface area contributed by atoms with Crippen molar-refractivity contribution < 1.29 is 13.2 Å². The van der Waals surface area contributed by atoms with Crippen LogP contribution >= 0.6 is 15.9 Å². The Bertz CT molecular complexity index is 282. The lowest BCUT2D eigenvalue weighted by Crippen LogP contribution is -1.89. The molecule has 0 N–H and O–H groups in total. The van der Waals surface area contributed by atoms with Crippen LogP contribution in [0.2, 0.25) is 0 Å². The minimum absolute atomic E-state index is 0.0584. The highest BCUT2D eigenvalue weighted by molar-refractivity contribution is 9.10. The van der Waals surface area contributed by atoms with Crippen LogP contribution in [0.3, 0.4) is 0 Å². The Morgan fingerprint density at radius 3 is 2.55 bits per heavy atom. The summed E-state index contributed by atoms with van der Waals surface area (Å²) >= 11 is 0.598. The van der Waals surface area contributed by atoms with Crippen molar-refractivity contribution in [2.45, 2.75) is 4.90 Å². The predicted octanol–water partition coefficient (Wildman–Crippen LogP) is 1.83. The van der Waals surface area contributed by atoms with E-state index in [1.165, 1.54) is 12.1 Å². The fourth-order valence-electron chi connectivity index (χ4n) is 0.625. The van der Waals surface area contributed by atoms with Crippen LogP contribution in [0, 0.1) is 5.82 Å². The standard InChI is InChI=1S/C6H4BrFO2S/c7-4-1-5(8)3-6(2-4)11(9)10/h1-3H,(H,9,10)/p-1. The van der Waals surface area contributed by atoms with E-state index in [9.17, 15) is 13.2 Å². The van der Waals surface area contributed by atoms with Gasteiger partial charge in [0.25, 0.3) is 0 Å². The zero-order valence-electron chi connectivity index (χ0n) is 5.21. The molecule has 2 nitrogen and oxygen atoms in total. The summed E-state index contributed by atoms with van der Waals surface area (Å²) < 4.78 is 33.5. The molecule has 1 unspecified atom stereocenters. The summed E-state index contributed by atoms with van der Waals surface area (Å²) in [6.45, 7) is 0. The molecule has 1 atom stereocenters. The minimum Gasteiger partial charge on any atom is -0.768 e. The summed E-state index contributed by atoms with van der Waals surface area (Å²) in [5.41, 5.74) is 0. The van der Waals surface area contributed by atoms with E-state index < -0.39 is 16.9 Å². The second kappa shape index (κ2) is 3.42. The van der Waals surface area contributed by atoms with Gasteiger partial charge in [-0.15, -0.1) is 0 Å². The molecule has 11 heavy (non-hydrogen) atoms. The Morgan fingerprint density at radius 1 is 1.45 bits per heavy atom. The van der Waals surface area contributed by atoms with Crippen molar-refractivity contribution >= 4 is 27.0 Å². The normalized spacial score (nSPS) is 13.0. The highest BCUT2D eigenvalue weighted by Crippen LogP contribution is 2.16. The number of hydrogen-bond acceptors (Lipinski definition) is 2. The van der Waals surface area contributed by atoms with Gasteiger partial charge in [-0.05, 0) is 29.3 Å². The number of hydrogen-bond donors (Lipinski definition) is 0. The zero-order valence-corrected chi connectivity index (χ0v) is 7.62. The molecule has 0 amide bonds. The van der Waals surface area contributed by atoms with Gasteiger partial charge < -0.3 is 4.55 Å². The smallest absolute Gasteiger partial charge is 0.125 e. The van der Waals surface area contributed by atoms with Crippen LogP contribution in [-0.2, 0) is 11.1 Å². The Labute approximate surface area is 73.8 Å². The van der Waals surface area contributed by atoms with Gasteiger partial charge in [0.15, 0.2) is 0 Å². The van der Waals surface area contributed by atoms with Crippen LogP contribution in [0.1, 0.15) is 0 Å². The van der Waals surface area contributed by atoms with Crippen molar-refractivity contribution in [2.75, 3.05) is 0 Å². The third kappa shape index (κ3) is 2.36. The fraction of sp³-hybridized carbons (Fsp3) is 0. The average molecular weight is 238 g/mol. The lowest BCUT2D eigenvalue weighted by molar-refractivity contribution is 0.535. The van der Waals surface area contributed by atoms with Gasteiger partial charge in [-0.25, -0.2) is 4.39 Å². The zero-order chi connectivity index (χ0) is 8.43. The van der Waals surface area contributed by atoms with Crippen LogP contribution < -0.4 is 0 Å².